The summed E-state index contributed by atoms with van der Waals surface area (Å²) in [6, 6.07) is 8.60. The number of rotatable bonds is 4. The van der Waals surface area contributed by atoms with E-state index in [1.54, 1.807) is 12.1 Å². The maximum absolute atomic E-state index is 10.3. The van der Waals surface area contributed by atoms with Crippen molar-refractivity contribution in [3.8, 4) is 23.0 Å². The van der Waals surface area contributed by atoms with Gasteiger partial charge in [0.2, 0.25) is 6.29 Å². The molecule has 2 aliphatic rings. The van der Waals surface area contributed by atoms with E-state index in [9.17, 15) is 35.7 Å². The fourth-order valence-electron chi connectivity index (χ4n) is 3.58. The highest BCUT2D eigenvalue weighted by Gasteiger charge is 2.46. The predicted molar refractivity (Wildman–Crippen MR) is 105 cm³/mol. The van der Waals surface area contributed by atoms with Gasteiger partial charge in [-0.15, -0.1) is 0 Å². The number of ether oxygens (including phenoxy) is 3. The van der Waals surface area contributed by atoms with Gasteiger partial charge in [0.05, 0.1) is 18.2 Å². The van der Waals surface area contributed by atoms with Gasteiger partial charge in [0.15, 0.2) is 5.76 Å². The first-order valence-electron chi connectivity index (χ1n) is 9.53. The van der Waals surface area contributed by atoms with Crippen molar-refractivity contribution >= 4 is 6.08 Å². The van der Waals surface area contributed by atoms with E-state index >= 15 is 0 Å². The summed E-state index contributed by atoms with van der Waals surface area (Å²) in [5.74, 6) is 0.0184. The highest BCUT2D eigenvalue weighted by Crippen LogP contribution is 2.45. The Morgan fingerprint density at radius 1 is 0.903 bits per heavy atom. The van der Waals surface area contributed by atoms with E-state index in [1.807, 2.05) is 0 Å². The van der Waals surface area contributed by atoms with Crippen LogP contribution in [0, 0.1) is 0 Å². The molecule has 2 heterocycles. The number of phenolic OH excluding ortho intramolecular Hbond substituents is 3. The standard InChI is InChI=1S/C21H22O10/c22-8-16-17(26)18(27)19(28)21(31-16)30-15-7-12-13(25)5-11(24)6-14(12)29-20(15)9-1-3-10(23)4-2-9/h1-7,16-28H,8H2/p+1/t16-,17+,18+,19-,20?,21-/m1/s1. The minimum absolute atomic E-state index is 0.0376. The SMILES string of the molecule is OC[C@H]1O[C@@H](OC2=Cc3c(O)cc(O)cc3[OH+]C2c2ccc(O)cc2)[C@H](O)[C@@H](O)[C@H]1O. The molecule has 0 radical (unpaired) electrons. The molecule has 31 heavy (non-hydrogen) atoms. The molecule has 10 heteroatoms. The molecule has 0 bridgehead atoms. The van der Waals surface area contributed by atoms with Crippen LogP contribution in [-0.2, 0) is 9.47 Å². The van der Waals surface area contributed by atoms with Crippen LogP contribution in [0.4, 0.5) is 0 Å². The Balaban J connectivity index is 1.72. The van der Waals surface area contributed by atoms with Crippen LogP contribution in [0.1, 0.15) is 17.2 Å². The van der Waals surface area contributed by atoms with Crippen molar-refractivity contribution in [2.45, 2.75) is 36.8 Å². The van der Waals surface area contributed by atoms with Crippen LogP contribution in [0.3, 0.4) is 0 Å². The summed E-state index contributed by atoms with van der Waals surface area (Å²) in [5.41, 5.74) is 0.842. The Morgan fingerprint density at radius 3 is 2.29 bits per heavy atom. The molecule has 4 rings (SSSR count). The van der Waals surface area contributed by atoms with Crippen LogP contribution in [0.2, 0.25) is 0 Å². The van der Waals surface area contributed by atoms with Gasteiger partial charge in [0.25, 0.3) is 11.9 Å². The second kappa shape index (κ2) is 8.25. The zero-order chi connectivity index (χ0) is 22.3. The molecule has 8 N–H and O–H groups in total. The van der Waals surface area contributed by atoms with E-state index in [0.717, 1.165) is 6.07 Å². The smallest absolute Gasteiger partial charge is 0.270 e. The van der Waals surface area contributed by atoms with E-state index < -0.39 is 43.4 Å². The summed E-state index contributed by atoms with van der Waals surface area (Å²) >= 11 is 0. The van der Waals surface area contributed by atoms with Gasteiger partial charge in [0.1, 0.15) is 47.2 Å². The molecule has 166 valence electrons. The highest BCUT2D eigenvalue weighted by molar-refractivity contribution is 5.69. The molecule has 0 aromatic heterocycles. The Hall–Kier alpha value is -3.02. The Bertz CT molecular complexity index is 971. The van der Waals surface area contributed by atoms with Crippen molar-refractivity contribution in [1.82, 2.24) is 0 Å². The van der Waals surface area contributed by atoms with Crippen molar-refractivity contribution in [2.75, 3.05) is 6.61 Å². The fraction of sp³-hybridized carbons (Fsp3) is 0.333. The lowest BCUT2D eigenvalue weighted by Gasteiger charge is -2.40. The summed E-state index contributed by atoms with van der Waals surface area (Å²) in [4.78, 5) is 0. The lowest BCUT2D eigenvalue weighted by molar-refractivity contribution is -0.295. The minimum atomic E-state index is -1.63. The zero-order valence-corrected chi connectivity index (χ0v) is 16.1. The van der Waals surface area contributed by atoms with Crippen LogP contribution in [-0.4, -0.2) is 77.8 Å². The molecule has 10 nitrogen and oxygen atoms in total. The number of aromatic hydroxyl groups is 4. The van der Waals surface area contributed by atoms with Gasteiger partial charge < -0.3 is 50.0 Å². The largest absolute Gasteiger partial charge is 0.571 e. The molecule has 0 saturated carbocycles. The summed E-state index contributed by atoms with van der Waals surface area (Å²) in [7, 11) is 0. The van der Waals surface area contributed by atoms with Crippen LogP contribution in [0.5, 0.6) is 23.0 Å². The summed E-state index contributed by atoms with van der Waals surface area (Å²) in [6.45, 7) is -0.613. The second-order valence-electron chi connectivity index (χ2n) is 7.38. The first-order chi connectivity index (χ1) is 14.8. The molecule has 2 aliphatic heterocycles. The number of phenols is 3. The zero-order valence-electron chi connectivity index (χ0n) is 16.1. The van der Waals surface area contributed by atoms with E-state index in [-0.39, 0.29) is 34.3 Å². The third-order valence-electron chi connectivity index (χ3n) is 5.25. The normalized spacial score (nSPS) is 30.1. The first kappa shape index (κ1) is 21.2. The summed E-state index contributed by atoms with van der Waals surface area (Å²) in [5, 5.41) is 69.3. The Labute approximate surface area is 176 Å². The van der Waals surface area contributed by atoms with Gasteiger partial charge in [-0.25, -0.2) is 0 Å². The fourth-order valence-corrected chi connectivity index (χ4v) is 3.58. The quantitative estimate of drug-likeness (QED) is 0.325. The third kappa shape index (κ3) is 3.99. The molecular weight excluding hydrogens is 412 g/mol. The summed E-state index contributed by atoms with van der Waals surface area (Å²) < 4.78 is 15.7. The maximum atomic E-state index is 10.3. The van der Waals surface area contributed by atoms with Gasteiger partial charge in [-0.1, -0.05) is 0 Å². The summed E-state index contributed by atoms with van der Waals surface area (Å²) in [6.07, 6.45) is -6.74. The van der Waals surface area contributed by atoms with Gasteiger partial charge in [-0.2, -0.15) is 0 Å². The molecular formula is C21H23O10+. The number of hydrogen-bond donors (Lipinski definition) is 7. The number of fused-ring (bicyclic) bond motifs is 1. The molecule has 2 aromatic rings. The average molecular weight is 435 g/mol. The first-order valence-corrected chi connectivity index (χ1v) is 9.53. The van der Waals surface area contributed by atoms with Crippen LogP contribution < -0.4 is 0 Å². The minimum Gasteiger partial charge on any atom is -0.571 e. The van der Waals surface area contributed by atoms with Crippen molar-refractivity contribution in [3.05, 3.63) is 53.3 Å². The van der Waals surface area contributed by atoms with Crippen molar-refractivity contribution in [1.29, 1.82) is 0 Å². The number of aliphatic hydroxyl groups is 5. The molecule has 0 aliphatic carbocycles. The molecule has 0 amide bonds. The number of benzene rings is 2. The molecule has 2 aromatic carbocycles. The van der Waals surface area contributed by atoms with Crippen molar-refractivity contribution < 1.29 is 50.0 Å². The number of aliphatic hydroxyl groups excluding tert-OH is 4. The lowest BCUT2D eigenvalue weighted by Crippen LogP contribution is -2.59. The van der Waals surface area contributed by atoms with E-state index in [2.05, 4.69) is 4.74 Å². The van der Waals surface area contributed by atoms with Gasteiger partial charge in [-0.3, -0.25) is 0 Å². The Kier molecular flexibility index (Phi) is 5.65. The van der Waals surface area contributed by atoms with Gasteiger partial charge in [0, 0.05) is 12.1 Å². The topological polar surface area (TPSA) is 173 Å². The van der Waals surface area contributed by atoms with E-state index in [4.69, 9.17) is 9.47 Å². The van der Waals surface area contributed by atoms with E-state index in [1.165, 1.54) is 24.3 Å². The molecule has 6 atom stereocenters. The number of hydrogen-bond acceptors (Lipinski definition) is 9. The predicted octanol–water partition coefficient (Wildman–Crippen LogP) is -0.0430. The lowest BCUT2D eigenvalue weighted by atomic mass is 9.98. The maximum Gasteiger partial charge on any atom is 0.270 e. The highest BCUT2D eigenvalue weighted by atomic mass is 16.7. The van der Waals surface area contributed by atoms with Crippen LogP contribution >= 0.6 is 0 Å². The second-order valence-corrected chi connectivity index (χ2v) is 7.38. The third-order valence-corrected chi connectivity index (χ3v) is 5.25. The molecule has 1 unspecified atom stereocenters. The molecule has 1 saturated heterocycles. The van der Waals surface area contributed by atoms with Gasteiger partial charge in [-0.05, 0) is 24.3 Å². The Morgan fingerprint density at radius 2 is 1.61 bits per heavy atom. The van der Waals surface area contributed by atoms with Gasteiger partial charge >= 0.3 is 0 Å². The average Bonchev–Trinajstić information content (AvgIpc) is 2.74. The molecule has 1 fully saturated rings. The monoisotopic (exact) mass is 435 g/mol. The van der Waals surface area contributed by atoms with Crippen LogP contribution in [0.25, 0.3) is 6.08 Å². The van der Waals surface area contributed by atoms with Crippen molar-refractivity contribution in [2.24, 2.45) is 0 Å². The van der Waals surface area contributed by atoms with Crippen LogP contribution in [0.15, 0.2) is 42.2 Å². The van der Waals surface area contributed by atoms with Crippen molar-refractivity contribution in [3.63, 3.8) is 0 Å². The molecule has 0 spiro atoms. The van der Waals surface area contributed by atoms with E-state index in [0.29, 0.717) is 5.56 Å².